The number of nitriles is 1. The van der Waals surface area contributed by atoms with Crippen LogP contribution >= 0.6 is 0 Å². The number of nitrogen functional groups attached to an aromatic ring is 1. The summed E-state index contributed by atoms with van der Waals surface area (Å²) in [4.78, 5) is 24.6. The van der Waals surface area contributed by atoms with Crippen LogP contribution < -0.4 is 11.1 Å². The number of hydrogen-bond acceptors (Lipinski definition) is 10. The van der Waals surface area contributed by atoms with E-state index >= 15 is 0 Å². The molecule has 46 heavy (non-hydrogen) atoms. The quantitative estimate of drug-likeness (QED) is 0.216. The number of halogens is 1. The van der Waals surface area contributed by atoms with Gasteiger partial charge in [-0.05, 0) is 79.1 Å². The first-order valence-electron chi connectivity index (χ1n) is 14.9. The van der Waals surface area contributed by atoms with Gasteiger partial charge in [-0.15, -0.1) is 0 Å². The van der Waals surface area contributed by atoms with Crippen molar-refractivity contribution >= 4 is 22.8 Å². The molecule has 0 atom stereocenters. The molecule has 0 radical (unpaired) electrons. The van der Waals surface area contributed by atoms with Crippen molar-refractivity contribution in [3.8, 4) is 40.2 Å². The third-order valence-corrected chi connectivity index (χ3v) is 8.12. The largest absolute Gasteiger partial charge is 0.505 e. The van der Waals surface area contributed by atoms with E-state index in [1.807, 2.05) is 41.0 Å². The molecule has 0 unspecified atom stereocenters. The van der Waals surface area contributed by atoms with Gasteiger partial charge in [-0.3, -0.25) is 9.47 Å². The molecule has 228 valence electrons. The lowest BCUT2D eigenvalue weighted by atomic mass is 10.0. The highest BCUT2D eigenvalue weighted by Gasteiger charge is 2.21. The molecule has 4 aromatic heterocycles. The first-order chi connectivity index (χ1) is 22.4. The molecule has 12 heteroatoms. The molecule has 0 saturated carbocycles. The second-order valence-electron chi connectivity index (χ2n) is 11.2. The van der Waals surface area contributed by atoms with Crippen molar-refractivity contribution in [3.05, 3.63) is 102 Å². The zero-order valence-corrected chi connectivity index (χ0v) is 24.7. The van der Waals surface area contributed by atoms with Crippen molar-refractivity contribution in [1.29, 1.82) is 5.26 Å². The maximum atomic E-state index is 13.8. The zero-order chi connectivity index (χ0) is 31.6. The number of nitrogens with zero attached hydrogens (tertiary/aromatic N) is 8. The SMILES string of the molecule is N#Cc1nccc(NC2CCN(Cc3ccc(-n4c(-c5cccnc5N)nc5ccc(-c6ccc(F)c(O)c6)nc54)cc3)CC2)n1. The van der Waals surface area contributed by atoms with Crippen molar-refractivity contribution in [1.82, 2.24) is 34.4 Å². The molecule has 0 bridgehead atoms. The van der Waals surface area contributed by atoms with Gasteiger partial charge < -0.3 is 16.2 Å². The van der Waals surface area contributed by atoms with Crippen LogP contribution in [0.1, 0.15) is 24.2 Å². The van der Waals surface area contributed by atoms with Crippen LogP contribution in [0.4, 0.5) is 16.0 Å². The maximum Gasteiger partial charge on any atom is 0.234 e. The highest BCUT2D eigenvalue weighted by Crippen LogP contribution is 2.33. The Bertz CT molecular complexity index is 2080. The van der Waals surface area contributed by atoms with Gasteiger partial charge >= 0.3 is 0 Å². The molecule has 0 amide bonds. The first kappa shape index (κ1) is 28.8. The van der Waals surface area contributed by atoms with Gasteiger partial charge in [-0.1, -0.05) is 12.1 Å². The Kier molecular flexibility index (Phi) is 7.66. The molecule has 0 aliphatic carbocycles. The molecule has 0 spiro atoms. The number of anilines is 2. The van der Waals surface area contributed by atoms with E-state index < -0.39 is 11.6 Å². The molecular formula is C34H29FN10O. The molecule has 2 aromatic carbocycles. The fraction of sp³-hybridized carbons (Fsp3) is 0.176. The molecule has 11 nitrogen and oxygen atoms in total. The second-order valence-corrected chi connectivity index (χ2v) is 11.2. The van der Waals surface area contributed by atoms with Gasteiger partial charge in [0.2, 0.25) is 5.82 Å². The lowest BCUT2D eigenvalue weighted by Gasteiger charge is -2.32. The van der Waals surface area contributed by atoms with E-state index in [0.717, 1.165) is 38.2 Å². The van der Waals surface area contributed by atoms with E-state index in [0.29, 0.717) is 45.4 Å². The number of rotatable bonds is 7. The van der Waals surface area contributed by atoms with E-state index in [1.54, 1.807) is 30.6 Å². The van der Waals surface area contributed by atoms with E-state index in [9.17, 15) is 9.50 Å². The minimum absolute atomic E-state index is 0.162. The number of aromatic nitrogens is 6. The maximum absolute atomic E-state index is 13.8. The van der Waals surface area contributed by atoms with Crippen LogP contribution in [0.15, 0.2) is 85.2 Å². The molecule has 1 fully saturated rings. The minimum atomic E-state index is -0.692. The summed E-state index contributed by atoms with van der Waals surface area (Å²) in [6.07, 6.45) is 5.15. The fourth-order valence-corrected chi connectivity index (χ4v) is 5.77. The van der Waals surface area contributed by atoms with Crippen LogP contribution in [0, 0.1) is 17.1 Å². The Hall–Kier alpha value is -5.93. The van der Waals surface area contributed by atoms with Gasteiger partial charge in [0.25, 0.3) is 0 Å². The van der Waals surface area contributed by atoms with Crippen molar-refractivity contribution in [3.63, 3.8) is 0 Å². The molecule has 4 N–H and O–H groups in total. The first-order valence-corrected chi connectivity index (χ1v) is 14.9. The summed E-state index contributed by atoms with van der Waals surface area (Å²) in [5.74, 6) is 0.658. The number of likely N-dealkylation sites (tertiary alicyclic amines) is 1. The number of pyridine rings is 2. The third-order valence-electron chi connectivity index (χ3n) is 8.12. The summed E-state index contributed by atoms with van der Waals surface area (Å²) in [5, 5.41) is 22.5. The van der Waals surface area contributed by atoms with Gasteiger partial charge in [0.05, 0.1) is 11.3 Å². The number of fused-ring (bicyclic) bond motifs is 1. The van der Waals surface area contributed by atoms with E-state index in [2.05, 4.69) is 37.3 Å². The standard InChI is InChI=1S/C34H29FN10O/c35-26-8-5-22(18-29(26)46)27-9-10-28-34(41-27)45(33(42-28)25-2-1-14-39-32(25)37)24-6-3-21(4-7-24)20-44-16-12-23(13-17-44)40-30-11-15-38-31(19-36)43-30/h1-11,14-15,18,23,46H,12-13,16-17,20H2,(H2,37,39)(H,38,40,43). The number of nitrogens with two attached hydrogens (primary N) is 1. The van der Waals surface area contributed by atoms with E-state index in [4.69, 9.17) is 21.0 Å². The summed E-state index contributed by atoms with van der Waals surface area (Å²) in [7, 11) is 0. The second kappa shape index (κ2) is 12.2. The number of aromatic hydroxyl groups is 1. The number of hydrogen-bond donors (Lipinski definition) is 3. The fourth-order valence-electron chi connectivity index (χ4n) is 5.77. The Balaban J connectivity index is 1.14. The lowest BCUT2D eigenvalue weighted by molar-refractivity contribution is 0.211. The Morgan fingerprint density at radius 2 is 1.78 bits per heavy atom. The summed E-state index contributed by atoms with van der Waals surface area (Å²) in [6.45, 7) is 2.66. The number of benzene rings is 2. The number of nitrogens with one attached hydrogen (secondary N) is 1. The molecular weight excluding hydrogens is 583 g/mol. The van der Waals surface area contributed by atoms with Crippen LogP contribution in [-0.2, 0) is 6.54 Å². The van der Waals surface area contributed by atoms with Crippen molar-refractivity contribution in [2.75, 3.05) is 24.1 Å². The normalized spacial score (nSPS) is 13.9. The van der Waals surface area contributed by atoms with Crippen molar-refractivity contribution in [2.24, 2.45) is 0 Å². The van der Waals surface area contributed by atoms with Gasteiger partial charge in [0, 0.05) is 49.3 Å². The van der Waals surface area contributed by atoms with Crippen LogP contribution in [0.25, 0.3) is 39.5 Å². The topological polar surface area (TPSA) is 155 Å². The Labute approximate surface area is 263 Å². The average molecular weight is 613 g/mol. The predicted octanol–water partition coefficient (Wildman–Crippen LogP) is 5.31. The third kappa shape index (κ3) is 5.79. The van der Waals surface area contributed by atoms with E-state index in [1.165, 1.54) is 17.7 Å². The lowest BCUT2D eigenvalue weighted by Crippen LogP contribution is -2.38. The summed E-state index contributed by atoms with van der Waals surface area (Å²) in [5.41, 5.74) is 11.4. The van der Waals surface area contributed by atoms with Crippen LogP contribution in [0.2, 0.25) is 0 Å². The predicted molar refractivity (Wildman–Crippen MR) is 172 cm³/mol. The van der Waals surface area contributed by atoms with E-state index in [-0.39, 0.29) is 11.9 Å². The molecule has 1 aliphatic heterocycles. The highest BCUT2D eigenvalue weighted by molar-refractivity contribution is 5.84. The van der Waals surface area contributed by atoms with Crippen molar-refractivity contribution < 1.29 is 9.50 Å². The van der Waals surface area contributed by atoms with Gasteiger partial charge in [-0.2, -0.15) is 5.26 Å². The van der Waals surface area contributed by atoms with Gasteiger partial charge in [0.1, 0.15) is 23.2 Å². The number of phenolic OH excluding ortho intramolecular Hbond substituents is 1. The zero-order valence-electron chi connectivity index (χ0n) is 24.7. The van der Waals surface area contributed by atoms with Crippen LogP contribution in [0.3, 0.4) is 0 Å². The van der Waals surface area contributed by atoms with Gasteiger partial charge in [0.15, 0.2) is 23.0 Å². The number of piperidine rings is 1. The van der Waals surface area contributed by atoms with Gasteiger partial charge in [-0.25, -0.2) is 29.3 Å². The Morgan fingerprint density at radius 1 is 0.957 bits per heavy atom. The molecule has 1 saturated heterocycles. The highest BCUT2D eigenvalue weighted by atomic mass is 19.1. The monoisotopic (exact) mass is 612 g/mol. The Morgan fingerprint density at radius 3 is 2.54 bits per heavy atom. The summed E-state index contributed by atoms with van der Waals surface area (Å²) < 4.78 is 15.7. The molecule has 1 aliphatic rings. The van der Waals surface area contributed by atoms with Crippen LogP contribution in [0.5, 0.6) is 5.75 Å². The molecule has 6 aromatic rings. The number of phenols is 1. The molecule has 5 heterocycles. The smallest absolute Gasteiger partial charge is 0.234 e. The van der Waals surface area contributed by atoms with Crippen LogP contribution in [-0.4, -0.2) is 58.6 Å². The minimum Gasteiger partial charge on any atom is -0.505 e. The molecule has 7 rings (SSSR count). The average Bonchev–Trinajstić information content (AvgIpc) is 3.46. The summed E-state index contributed by atoms with van der Waals surface area (Å²) >= 11 is 0. The van der Waals surface area contributed by atoms with Crippen molar-refractivity contribution in [2.45, 2.75) is 25.4 Å². The summed E-state index contributed by atoms with van der Waals surface area (Å²) in [6, 6.07) is 23.8. The number of imidazole rings is 1.